The summed E-state index contributed by atoms with van der Waals surface area (Å²) in [5.41, 5.74) is 8.91. The molecule has 2 aliphatic heterocycles. The number of benzene rings is 2. The summed E-state index contributed by atoms with van der Waals surface area (Å²) in [5.74, 6) is -0.161. The molecule has 1 atom stereocenters. The quantitative estimate of drug-likeness (QED) is 0.553. The van der Waals surface area contributed by atoms with Gasteiger partial charge >= 0.3 is 0 Å². The molecule has 3 amide bonds. The number of aromatic nitrogens is 2. The Hall–Kier alpha value is -4.34. The molecular formula is C27H30N6O4. The summed E-state index contributed by atoms with van der Waals surface area (Å²) < 4.78 is 6.72. The first kappa shape index (κ1) is 24.4. The molecule has 0 aliphatic carbocycles. The molecule has 0 unspecified atom stereocenters. The lowest BCUT2D eigenvalue weighted by Crippen LogP contribution is -2.42. The van der Waals surface area contributed by atoms with E-state index in [2.05, 4.69) is 10.00 Å². The van der Waals surface area contributed by atoms with Crippen LogP contribution in [0.15, 0.2) is 48.5 Å². The number of likely N-dealkylation sites (N-methyl/N-ethyl adjacent to an activating group) is 1. The lowest BCUT2D eigenvalue weighted by Gasteiger charge is -2.30. The number of carbonyl (C=O) groups excluding carboxylic acids is 3. The van der Waals surface area contributed by atoms with Crippen LogP contribution >= 0.6 is 0 Å². The van der Waals surface area contributed by atoms with Crippen LogP contribution < -0.4 is 20.3 Å². The summed E-state index contributed by atoms with van der Waals surface area (Å²) in [6.45, 7) is 1.21. The van der Waals surface area contributed by atoms with Crippen LogP contribution in [0.3, 0.4) is 0 Å². The minimum atomic E-state index is -0.665. The van der Waals surface area contributed by atoms with Crippen LogP contribution in [0.1, 0.15) is 39.4 Å². The first-order valence-corrected chi connectivity index (χ1v) is 12.3. The molecular weight excluding hydrogens is 472 g/mol. The Balaban J connectivity index is 1.45. The third kappa shape index (κ3) is 4.28. The second kappa shape index (κ2) is 9.61. The maximum absolute atomic E-state index is 13.8. The van der Waals surface area contributed by atoms with E-state index in [1.807, 2.05) is 24.3 Å². The smallest absolute Gasteiger partial charge is 0.277 e. The predicted molar refractivity (Wildman–Crippen MR) is 140 cm³/mol. The van der Waals surface area contributed by atoms with E-state index in [9.17, 15) is 14.4 Å². The number of anilines is 2. The van der Waals surface area contributed by atoms with Gasteiger partial charge in [-0.2, -0.15) is 5.10 Å². The van der Waals surface area contributed by atoms with Crippen molar-refractivity contribution in [1.82, 2.24) is 14.7 Å². The topological polar surface area (TPSA) is 114 Å². The van der Waals surface area contributed by atoms with Crippen molar-refractivity contribution in [2.24, 2.45) is 5.73 Å². The zero-order valence-electron chi connectivity index (χ0n) is 21.2. The zero-order valence-corrected chi connectivity index (χ0v) is 21.2. The van der Waals surface area contributed by atoms with Gasteiger partial charge in [0.05, 0.1) is 12.8 Å². The van der Waals surface area contributed by atoms with E-state index in [0.29, 0.717) is 35.7 Å². The number of amides is 3. The van der Waals surface area contributed by atoms with E-state index in [1.165, 1.54) is 4.68 Å². The average molecular weight is 503 g/mol. The van der Waals surface area contributed by atoms with Crippen molar-refractivity contribution in [2.75, 3.05) is 44.1 Å². The second-order valence-electron chi connectivity index (χ2n) is 9.46. The number of hydrogen-bond acceptors (Lipinski definition) is 6. The van der Waals surface area contributed by atoms with Gasteiger partial charge in [0.15, 0.2) is 5.69 Å². The Labute approximate surface area is 215 Å². The number of carbonyl (C=O) groups is 3. The summed E-state index contributed by atoms with van der Waals surface area (Å²) >= 11 is 0. The Bertz CT molecular complexity index is 1350. The second-order valence-corrected chi connectivity index (χ2v) is 9.46. The van der Waals surface area contributed by atoms with Gasteiger partial charge in [-0.1, -0.05) is 0 Å². The van der Waals surface area contributed by atoms with E-state index in [4.69, 9.17) is 10.5 Å². The maximum atomic E-state index is 13.8. The molecule has 2 aromatic carbocycles. The molecule has 10 heteroatoms. The van der Waals surface area contributed by atoms with Crippen molar-refractivity contribution >= 4 is 29.1 Å². The molecule has 3 heterocycles. The minimum absolute atomic E-state index is 0.0948. The zero-order chi connectivity index (χ0) is 26.3. The highest BCUT2D eigenvalue weighted by Crippen LogP contribution is 2.32. The highest BCUT2D eigenvalue weighted by atomic mass is 16.5. The fourth-order valence-corrected chi connectivity index (χ4v) is 5.17. The van der Waals surface area contributed by atoms with Gasteiger partial charge in [-0.05, 0) is 67.8 Å². The van der Waals surface area contributed by atoms with E-state index in [0.717, 1.165) is 30.8 Å². The van der Waals surface area contributed by atoms with Gasteiger partial charge in [-0.25, -0.2) is 4.68 Å². The molecule has 1 saturated heterocycles. The third-order valence-electron chi connectivity index (χ3n) is 7.04. The summed E-state index contributed by atoms with van der Waals surface area (Å²) in [5, 5.41) is 4.41. The standard InChI is InChI=1S/C27H30N6O4/c1-30(2)26(35)22-5-4-15-31(22)17-6-8-18(9-7-17)32-16-14-21-23(25(28)34)29-33(24(21)27(32)36)19-10-12-20(37-3)13-11-19/h6-13,22H,4-5,14-16H2,1-3H3,(H2,28,34)/t22-/m0/s1. The normalized spacial score (nSPS) is 17.1. The number of ether oxygens (including phenoxy) is 1. The number of nitrogens with zero attached hydrogens (tertiary/aromatic N) is 5. The predicted octanol–water partition coefficient (Wildman–Crippen LogP) is 2.24. The Morgan fingerprint density at radius 3 is 2.27 bits per heavy atom. The Kier molecular flexibility index (Phi) is 6.32. The number of rotatable bonds is 6. The molecule has 192 valence electrons. The van der Waals surface area contributed by atoms with Crippen molar-refractivity contribution < 1.29 is 19.1 Å². The van der Waals surface area contributed by atoms with Crippen molar-refractivity contribution in [3.63, 3.8) is 0 Å². The molecule has 1 fully saturated rings. The van der Waals surface area contributed by atoms with Crippen molar-refractivity contribution in [2.45, 2.75) is 25.3 Å². The van der Waals surface area contributed by atoms with Crippen LogP contribution in [0.25, 0.3) is 5.69 Å². The molecule has 0 spiro atoms. The number of methoxy groups -OCH3 is 1. The van der Waals surface area contributed by atoms with Gasteiger partial charge in [-0.3, -0.25) is 14.4 Å². The fourth-order valence-electron chi connectivity index (χ4n) is 5.17. The highest BCUT2D eigenvalue weighted by Gasteiger charge is 2.35. The number of hydrogen-bond donors (Lipinski definition) is 1. The summed E-state index contributed by atoms with van der Waals surface area (Å²) in [6, 6.07) is 14.6. The van der Waals surface area contributed by atoms with Crippen LogP contribution in [0.4, 0.5) is 11.4 Å². The van der Waals surface area contributed by atoms with Crippen molar-refractivity contribution in [3.05, 3.63) is 65.5 Å². The summed E-state index contributed by atoms with van der Waals surface area (Å²) in [6.07, 6.45) is 2.23. The van der Waals surface area contributed by atoms with Gasteiger partial charge in [0, 0.05) is 44.1 Å². The van der Waals surface area contributed by atoms with E-state index in [1.54, 1.807) is 55.3 Å². The Morgan fingerprint density at radius 1 is 1.00 bits per heavy atom. The molecule has 3 aromatic rings. The third-order valence-corrected chi connectivity index (χ3v) is 7.04. The lowest BCUT2D eigenvalue weighted by molar-refractivity contribution is -0.129. The van der Waals surface area contributed by atoms with E-state index in [-0.39, 0.29) is 23.6 Å². The van der Waals surface area contributed by atoms with Crippen LogP contribution in [0, 0.1) is 0 Å². The van der Waals surface area contributed by atoms with Gasteiger partial charge in [0.2, 0.25) is 5.91 Å². The first-order chi connectivity index (χ1) is 17.8. The van der Waals surface area contributed by atoms with Crippen LogP contribution in [-0.2, 0) is 11.2 Å². The maximum Gasteiger partial charge on any atom is 0.277 e. The van der Waals surface area contributed by atoms with Gasteiger partial charge in [0.1, 0.15) is 17.5 Å². The SMILES string of the molecule is COc1ccc(-n2nc(C(N)=O)c3c2C(=O)N(c2ccc(N4CCC[C@H]4C(=O)N(C)C)cc2)CC3)cc1. The van der Waals surface area contributed by atoms with E-state index < -0.39 is 5.91 Å². The van der Waals surface area contributed by atoms with Gasteiger partial charge < -0.3 is 25.2 Å². The molecule has 37 heavy (non-hydrogen) atoms. The van der Waals surface area contributed by atoms with Crippen LogP contribution in [-0.4, -0.2) is 72.7 Å². The summed E-state index contributed by atoms with van der Waals surface area (Å²) in [7, 11) is 5.13. The van der Waals surface area contributed by atoms with Gasteiger partial charge in [0.25, 0.3) is 11.8 Å². The van der Waals surface area contributed by atoms with Gasteiger partial charge in [-0.15, -0.1) is 0 Å². The monoisotopic (exact) mass is 502 g/mol. The largest absolute Gasteiger partial charge is 0.497 e. The highest BCUT2D eigenvalue weighted by molar-refractivity contribution is 6.09. The fraction of sp³-hybridized carbons (Fsp3) is 0.333. The average Bonchev–Trinajstić information content (AvgIpc) is 3.55. The number of nitrogens with two attached hydrogens (primary N) is 1. The van der Waals surface area contributed by atoms with Crippen molar-refractivity contribution in [1.29, 1.82) is 0 Å². The van der Waals surface area contributed by atoms with Crippen LogP contribution in [0.2, 0.25) is 0 Å². The first-order valence-electron chi connectivity index (χ1n) is 12.3. The molecule has 1 aromatic heterocycles. The van der Waals surface area contributed by atoms with Crippen molar-refractivity contribution in [3.8, 4) is 11.4 Å². The van der Waals surface area contributed by atoms with E-state index >= 15 is 0 Å². The molecule has 2 aliphatic rings. The molecule has 0 saturated carbocycles. The molecule has 0 radical (unpaired) electrons. The van der Waals surface area contributed by atoms with Crippen LogP contribution in [0.5, 0.6) is 5.75 Å². The lowest BCUT2D eigenvalue weighted by atomic mass is 10.0. The summed E-state index contributed by atoms with van der Waals surface area (Å²) in [4.78, 5) is 43.9. The minimum Gasteiger partial charge on any atom is -0.497 e. The Morgan fingerprint density at radius 2 is 1.65 bits per heavy atom. The molecule has 0 bridgehead atoms. The molecule has 5 rings (SSSR count). The number of primary amides is 1. The molecule has 10 nitrogen and oxygen atoms in total. The molecule has 2 N–H and O–H groups in total. The number of fused-ring (bicyclic) bond motifs is 1.